The number of carbonyl (C=O) groups is 2. The molecule has 0 spiro atoms. The fourth-order valence-electron chi connectivity index (χ4n) is 3.71. The SMILES string of the molecule is CC(C)Cc1ccc(C(=O)C2CCN(C(=O)[C@@H]3COCCO3)CC2)cc1. The molecule has 0 saturated carbocycles. The van der Waals surface area contributed by atoms with Crippen molar-refractivity contribution in [3.63, 3.8) is 0 Å². The van der Waals surface area contributed by atoms with Crippen LogP contribution >= 0.6 is 0 Å². The lowest BCUT2D eigenvalue weighted by molar-refractivity contribution is -0.159. The molecule has 142 valence electrons. The normalized spacial score (nSPS) is 21.8. The van der Waals surface area contributed by atoms with Gasteiger partial charge in [-0.05, 0) is 30.7 Å². The van der Waals surface area contributed by atoms with Crippen molar-refractivity contribution in [3.05, 3.63) is 35.4 Å². The van der Waals surface area contributed by atoms with Crippen molar-refractivity contribution in [1.82, 2.24) is 4.90 Å². The van der Waals surface area contributed by atoms with Crippen LogP contribution in [0.4, 0.5) is 0 Å². The number of likely N-dealkylation sites (tertiary alicyclic amines) is 1. The average Bonchev–Trinajstić information content (AvgIpc) is 2.68. The number of amides is 1. The maximum Gasteiger partial charge on any atom is 0.254 e. The first-order chi connectivity index (χ1) is 12.5. The minimum absolute atomic E-state index is 0.00137. The molecule has 1 aromatic carbocycles. The Morgan fingerprint density at radius 3 is 2.38 bits per heavy atom. The van der Waals surface area contributed by atoms with Crippen LogP contribution in [0.3, 0.4) is 0 Å². The first-order valence-electron chi connectivity index (χ1n) is 9.66. The van der Waals surface area contributed by atoms with Crippen LogP contribution in [-0.4, -0.2) is 55.6 Å². The van der Waals surface area contributed by atoms with Gasteiger partial charge in [0.25, 0.3) is 5.91 Å². The Balaban J connectivity index is 1.52. The Kier molecular flexibility index (Phi) is 6.43. The highest BCUT2D eigenvalue weighted by atomic mass is 16.6. The molecule has 0 N–H and O–H groups in total. The van der Waals surface area contributed by atoms with Gasteiger partial charge in [0.05, 0.1) is 19.8 Å². The molecular formula is C21H29NO4. The van der Waals surface area contributed by atoms with E-state index >= 15 is 0 Å². The fraction of sp³-hybridized carbons (Fsp3) is 0.619. The fourth-order valence-corrected chi connectivity index (χ4v) is 3.71. The minimum atomic E-state index is -0.482. The van der Waals surface area contributed by atoms with Crippen molar-refractivity contribution in [2.75, 3.05) is 32.9 Å². The van der Waals surface area contributed by atoms with Gasteiger partial charge in [-0.2, -0.15) is 0 Å². The van der Waals surface area contributed by atoms with Gasteiger partial charge in [-0.15, -0.1) is 0 Å². The van der Waals surface area contributed by atoms with Gasteiger partial charge < -0.3 is 14.4 Å². The Hall–Kier alpha value is -1.72. The number of Topliss-reactive ketones (excluding diaryl/α,β-unsaturated/α-hetero) is 1. The van der Waals surface area contributed by atoms with E-state index in [0.717, 1.165) is 12.0 Å². The van der Waals surface area contributed by atoms with Crippen molar-refractivity contribution in [2.24, 2.45) is 11.8 Å². The van der Waals surface area contributed by atoms with E-state index in [2.05, 4.69) is 26.0 Å². The summed E-state index contributed by atoms with van der Waals surface area (Å²) < 4.78 is 10.8. The second-order valence-corrected chi connectivity index (χ2v) is 7.69. The lowest BCUT2D eigenvalue weighted by Crippen LogP contribution is -2.48. The van der Waals surface area contributed by atoms with E-state index < -0.39 is 6.10 Å². The standard InChI is InChI=1S/C21H29NO4/c1-15(2)13-16-3-5-17(6-4-16)20(23)18-7-9-22(10-8-18)21(24)19-14-25-11-12-26-19/h3-6,15,18-19H,7-14H2,1-2H3/t19-/m0/s1. The predicted octanol–water partition coefficient (Wildman–Crippen LogP) is 2.72. The summed E-state index contributed by atoms with van der Waals surface area (Å²) in [7, 11) is 0. The molecule has 0 bridgehead atoms. The third-order valence-electron chi connectivity index (χ3n) is 5.15. The lowest BCUT2D eigenvalue weighted by Gasteiger charge is -2.34. The van der Waals surface area contributed by atoms with Gasteiger partial charge in [-0.1, -0.05) is 38.1 Å². The Morgan fingerprint density at radius 2 is 1.81 bits per heavy atom. The van der Waals surface area contributed by atoms with E-state index in [1.165, 1.54) is 5.56 Å². The largest absolute Gasteiger partial charge is 0.376 e. The van der Waals surface area contributed by atoms with E-state index in [1.54, 1.807) is 0 Å². The molecule has 3 rings (SSSR count). The average molecular weight is 359 g/mol. The number of carbonyl (C=O) groups excluding carboxylic acids is 2. The van der Waals surface area contributed by atoms with Gasteiger partial charge in [0.15, 0.2) is 11.9 Å². The summed E-state index contributed by atoms with van der Waals surface area (Å²) in [6, 6.07) is 8.02. The summed E-state index contributed by atoms with van der Waals surface area (Å²) >= 11 is 0. The topological polar surface area (TPSA) is 55.8 Å². The Labute approximate surface area is 155 Å². The molecule has 2 aliphatic heterocycles. The van der Waals surface area contributed by atoms with Crippen LogP contribution in [0.25, 0.3) is 0 Å². The number of benzene rings is 1. The van der Waals surface area contributed by atoms with E-state index in [9.17, 15) is 9.59 Å². The lowest BCUT2D eigenvalue weighted by atomic mass is 9.88. The molecule has 2 fully saturated rings. The first-order valence-corrected chi connectivity index (χ1v) is 9.66. The summed E-state index contributed by atoms with van der Waals surface area (Å²) in [5.74, 6) is 0.801. The van der Waals surface area contributed by atoms with Gasteiger partial charge in [0.2, 0.25) is 0 Å². The monoisotopic (exact) mass is 359 g/mol. The van der Waals surface area contributed by atoms with Crippen molar-refractivity contribution >= 4 is 11.7 Å². The number of hydrogen-bond acceptors (Lipinski definition) is 4. The van der Waals surface area contributed by atoms with Crippen LogP contribution in [0.5, 0.6) is 0 Å². The van der Waals surface area contributed by atoms with Crippen molar-refractivity contribution in [2.45, 2.75) is 39.2 Å². The molecule has 0 unspecified atom stereocenters. The molecule has 1 atom stereocenters. The second-order valence-electron chi connectivity index (χ2n) is 7.69. The third kappa shape index (κ3) is 4.71. The smallest absolute Gasteiger partial charge is 0.254 e. The van der Waals surface area contributed by atoms with Gasteiger partial charge in [-0.25, -0.2) is 0 Å². The van der Waals surface area contributed by atoms with Crippen molar-refractivity contribution < 1.29 is 19.1 Å². The maximum atomic E-state index is 12.8. The molecule has 5 nitrogen and oxygen atoms in total. The molecule has 5 heteroatoms. The minimum Gasteiger partial charge on any atom is -0.376 e. The van der Waals surface area contributed by atoms with Crippen LogP contribution < -0.4 is 0 Å². The van der Waals surface area contributed by atoms with Gasteiger partial charge in [-0.3, -0.25) is 9.59 Å². The van der Waals surface area contributed by atoms with Crippen molar-refractivity contribution in [1.29, 1.82) is 0 Å². The van der Waals surface area contributed by atoms with E-state index in [4.69, 9.17) is 9.47 Å². The van der Waals surface area contributed by atoms with Crippen LogP contribution in [0, 0.1) is 11.8 Å². The Morgan fingerprint density at radius 1 is 1.12 bits per heavy atom. The highest BCUT2D eigenvalue weighted by molar-refractivity contribution is 5.98. The molecule has 26 heavy (non-hydrogen) atoms. The summed E-state index contributed by atoms with van der Waals surface area (Å²) in [6.07, 6.45) is 1.98. The molecule has 2 aliphatic rings. The molecule has 1 amide bonds. The second kappa shape index (κ2) is 8.78. The number of nitrogens with zero attached hydrogens (tertiary/aromatic N) is 1. The number of ether oxygens (including phenoxy) is 2. The van der Waals surface area contributed by atoms with Crippen LogP contribution in [0.15, 0.2) is 24.3 Å². The summed E-state index contributed by atoms with van der Waals surface area (Å²) in [5.41, 5.74) is 2.05. The van der Waals surface area contributed by atoms with Crippen molar-refractivity contribution in [3.8, 4) is 0 Å². The number of ketones is 1. The zero-order valence-electron chi connectivity index (χ0n) is 15.8. The molecule has 2 saturated heterocycles. The number of hydrogen-bond donors (Lipinski definition) is 0. The van der Waals surface area contributed by atoms with Gasteiger partial charge >= 0.3 is 0 Å². The van der Waals surface area contributed by atoms with Crippen LogP contribution in [0.2, 0.25) is 0 Å². The Bertz CT molecular complexity index is 611. The molecule has 0 aliphatic carbocycles. The molecule has 0 radical (unpaired) electrons. The highest BCUT2D eigenvalue weighted by Gasteiger charge is 2.32. The zero-order valence-corrected chi connectivity index (χ0v) is 15.8. The molecule has 2 heterocycles. The van der Waals surface area contributed by atoms with E-state index in [-0.39, 0.29) is 17.6 Å². The third-order valence-corrected chi connectivity index (χ3v) is 5.15. The van der Waals surface area contributed by atoms with Gasteiger partial charge in [0, 0.05) is 24.6 Å². The summed E-state index contributed by atoms with van der Waals surface area (Å²) in [5, 5.41) is 0. The van der Waals surface area contributed by atoms with Crippen LogP contribution in [-0.2, 0) is 20.7 Å². The van der Waals surface area contributed by atoms with E-state index in [0.29, 0.717) is 51.7 Å². The maximum absolute atomic E-state index is 12.8. The quantitative estimate of drug-likeness (QED) is 0.759. The molecule has 0 aromatic heterocycles. The summed E-state index contributed by atoms with van der Waals surface area (Å²) in [4.78, 5) is 27.0. The molecule has 1 aromatic rings. The zero-order chi connectivity index (χ0) is 18.5. The first kappa shape index (κ1) is 19.1. The van der Waals surface area contributed by atoms with Crippen LogP contribution in [0.1, 0.15) is 42.6 Å². The van der Waals surface area contributed by atoms with E-state index in [1.807, 2.05) is 17.0 Å². The molecular weight excluding hydrogens is 330 g/mol. The van der Waals surface area contributed by atoms with Gasteiger partial charge in [0.1, 0.15) is 0 Å². The number of rotatable bonds is 5. The highest BCUT2D eigenvalue weighted by Crippen LogP contribution is 2.23. The predicted molar refractivity (Wildman–Crippen MR) is 99.2 cm³/mol. The number of piperidine rings is 1. The summed E-state index contributed by atoms with van der Waals surface area (Å²) in [6.45, 7) is 6.97.